The molecule has 1 aliphatic rings. The minimum Gasteiger partial charge on any atom is -0.478 e. The fourth-order valence-electron chi connectivity index (χ4n) is 3.70. The second kappa shape index (κ2) is 6.29. The molecule has 0 spiro atoms. The normalized spacial score (nSPS) is 17.0. The average Bonchev–Trinajstić information content (AvgIpc) is 3.27. The van der Waals surface area contributed by atoms with E-state index >= 15 is 0 Å². The molecule has 1 amide bonds. The first-order valence-electron chi connectivity index (χ1n) is 8.61. The smallest absolute Gasteiger partial charge is 0.337 e. The molecule has 1 aromatic carbocycles. The number of hydrogen-bond donors (Lipinski definition) is 2. The molecule has 1 unspecified atom stereocenters. The molecule has 6 heteroatoms. The van der Waals surface area contributed by atoms with Gasteiger partial charge in [0, 0.05) is 30.8 Å². The van der Waals surface area contributed by atoms with Gasteiger partial charge in [-0.2, -0.15) is 0 Å². The van der Waals surface area contributed by atoms with Gasteiger partial charge in [0.15, 0.2) is 0 Å². The van der Waals surface area contributed by atoms with Gasteiger partial charge in [0.25, 0.3) is 5.91 Å². The molecule has 3 heterocycles. The Labute approximate surface area is 150 Å². The summed E-state index contributed by atoms with van der Waals surface area (Å²) in [7, 11) is 0. The number of carbonyl (C=O) groups is 2. The Morgan fingerprint density at radius 1 is 1.23 bits per heavy atom. The van der Waals surface area contributed by atoms with E-state index in [0.29, 0.717) is 41.3 Å². The van der Waals surface area contributed by atoms with E-state index < -0.39 is 5.97 Å². The zero-order chi connectivity index (χ0) is 18.3. The van der Waals surface area contributed by atoms with Crippen LogP contribution < -0.4 is 0 Å². The number of aromatic amines is 1. The van der Waals surface area contributed by atoms with Gasteiger partial charge in [0.1, 0.15) is 5.69 Å². The van der Waals surface area contributed by atoms with Crippen molar-refractivity contribution >= 4 is 22.9 Å². The summed E-state index contributed by atoms with van der Waals surface area (Å²) in [5.74, 6) is -0.809. The lowest BCUT2D eigenvalue weighted by Gasteiger charge is -2.16. The third kappa shape index (κ3) is 2.63. The van der Waals surface area contributed by atoms with Crippen molar-refractivity contribution in [3.63, 3.8) is 0 Å². The second-order valence-electron chi connectivity index (χ2n) is 6.66. The average molecular weight is 349 g/mol. The summed E-state index contributed by atoms with van der Waals surface area (Å²) in [6, 6.07) is 11.6. The number of nitrogens with zero attached hydrogens (tertiary/aromatic N) is 2. The van der Waals surface area contributed by atoms with E-state index in [4.69, 9.17) is 0 Å². The van der Waals surface area contributed by atoms with Crippen molar-refractivity contribution < 1.29 is 14.7 Å². The number of aryl methyl sites for hydroxylation is 1. The molecular weight excluding hydrogens is 330 g/mol. The summed E-state index contributed by atoms with van der Waals surface area (Å²) in [6.45, 7) is 3.15. The Hall–Kier alpha value is -3.15. The van der Waals surface area contributed by atoms with Crippen LogP contribution in [0.1, 0.15) is 44.3 Å². The number of H-pyrrole nitrogens is 1. The van der Waals surface area contributed by atoms with Crippen LogP contribution in [0.4, 0.5) is 0 Å². The summed E-state index contributed by atoms with van der Waals surface area (Å²) in [5, 5.41) is 9.35. The molecule has 132 valence electrons. The fraction of sp³-hybridized carbons (Fsp3) is 0.250. The topological polar surface area (TPSA) is 86.3 Å². The minimum atomic E-state index is -1.04. The standard InChI is InChI=1S/C20H19N3O3/c1-12-16-18(15(20(25)26)7-9-21-16)22-17(12)19(24)23-10-8-14(11-23)13-5-3-2-4-6-13/h2-7,9,14,22H,8,10-11H2,1H3,(H,25,26). The van der Waals surface area contributed by atoms with Crippen molar-refractivity contribution in [2.45, 2.75) is 19.3 Å². The highest BCUT2D eigenvalue weighted by Gasteiger charge is 2.30. The Kier molecular flexibility index (Phi) is 3.95. The van der Waals surface area contributed by atoms with Crippen LogP contribution in [-0.4, -0.2) is 44.9 Å². The Bertz CT molecular complexity index is 994. The number of benzene rings is 1. The summed E-state index contributed by atoms with van der Waals surface area (Å²) < 4.78 is 0. The molecule has 0 saturated carbocycles. The van der Waals surface area contributed by atoms with Gasteiger partial charge >= 0.3 is 5.97 Å². The number of likely N-dealkylation sites (tertiary alicyclic amines) is 1. The predicted molar refractivity (Wildman–Crippen MR) is 97.5 cm³/mol. The maximum atomic E-state index is 13.0. The number of amides is 1. The van der Waals surface area contributed by atoms with Crippen molar-refractivity contribution in [2.75, 3.05) is 13.1 Å². The number of carboxylic acids is 1. The van der Waals surface area contributed by atoms with E-state index in [-0.39, 0.29) is 11.5 Å². The number of carbonyl (C=O) groups excluding carboxylic acids is 1. The number of rotatable bonds is 3. The van der Waals surface area contributed by atoms with Crippen molar-refractivity contribution in [3.05, 3.63) is 65.0 Å². The first-order valence-corrected chi connectivity index (χ1v) is 8.61. The number of hydrogen-bond acceptors (Lipinski definition) is 3. The van der Waals surface area contributed by atoms with Crippen molar-refractivity contribution in [3.8, 4) is 0 Å². The summed E-state index contributed by atoms with van der Waals surface area (Å²) in [4.78, 5) is 33.5. The molecule has 3 aromatic rings. The van der Waals surface area contributed by atoms with Crippen LogP contribution >= 0.6 is 0 Å². The Balaban J connectivity index is 1.64. The molecule has 0 aliphatic carbocycles. The number of pyridine rings is 1. The number of fused-ring (bicyclic) bond motifs is 1. The van der Waals surface area contributed by atoms with Crippen molar-refractivity contribution in [2.24, 2.45) is 0 Å². The van der Waals surface area contributed by atoms with Gasteiger partial charge in [-0.15, -0.1) is 0 Å². The van der Waals surface area contributed by atoms with Gasteiger partial charge in [-0.1, -0.05) is 30.3 Å². The van der Waals surface area contributed by atoms with E-state index in [0.717, 1.165) is 6.42 Å². The van der Waals surface area contributed by atoms with Crippen LogP contribution in [0.2, 0.25) is 0 Å². The largest absolute Gasteiger partial charge is 0.478 e. The lowest BCUT2D eigenvalue weighted by Crippen LogP contribution is -2.29. The predicted octanol–water partition coefficient (Wildman–Crippen LogP) is 3.20. The third-order valence-electron chi connectivity index (χ3n) is 5.12. The van der Waals surface area contributed by atoms with Gasteiger partial charge in [0.05, 0.1) is 16.6 Å². The SMILES string of the molecule is Cc1c(C(=O)N2CCC(c3ccccc3)C2)[nH]c2c(C(=O)O)ccnc12. The summed E-state index contributed by atoms with van der Waals surface area (Å²) in [5.41, 5.74) is 3.42. The minimum absolute atomic E-state index is 0.102. The van der Waals surface area contributed by atoms with Crippen LogP contribution in [0.15, 0.2) is 42.6 Å². The van der Waals surface area contributed by atoms with Gasteiger partial charge in [-0.25, -0.2) is 4.79 Å². The molecule has 26 heavy (non-hydrogen) atoms. The monoisotopic (exact) mass is 349 g/mol. The van der Waals surface area contributed by atoms with E-state index in [9.17, 15) is 14.7 Å². The number of nitrogens with one attached hydrogen (secondary N) is 1. The van der Waals surface area contributed by atoms with E-state index in [1.807, 2.05) is 23.1 Å². The van der Waals surface area contributed by atoms with Crippen molar-refractivity contribution in [1.29, 1.82) is 0 Å². The molecule has 0 bridgehead atoms. The van der Waals surface area contributed by atoms with Crippen LogP contribution in [-0.2, 0) is 0 Å². The highest BCUT2D eigenvalue weighted by molar-refractivity contribution is 6.06. The highest BCUT2D eigenvalue weighted by Crippen LogP contribution is 2.30. The van der Waals surface area contributed by atoms with E-state index in [2.05, 4.69) is 22.1 Å². The lowest BCUT2D eigenvalue weighted by molar-refractivity contribution is 0.0697. The second-order valence-corrected chi connectivity index (χ2v) is 6.66. The van der Waals surface area contributed by atoms with Gasteiger partial charge in [0.2, 0.25) is 0 Å². The molecule has 1 atom stereocenters. The molecule has 2 N–H and O–H groups in total. The molecule has 0 radical (unpaired) electrons. The molecule has 1 saturated heterocycles. The van der Waals surface area contributed by atoms with E-state index in [1.54, 1.807) is 6.92 Å². The molecule has 2 aromatic heterocycles. The van der Waals surface area contributed by atoms with Gasteiger partial charge in [-0.05, 0) is 25.0 Å². The zero-order valence-electron chi connectivity index (χ0n) is 14.4. The number of carboxylic acid groups (broad SMARTS) is 1. The zero-order valence-corrected chi connectivity index (χ0v) is 14.4. The maximum absolute atomic E-state index is 13.0. The maximum Gasteiger partial charge on any atom is 0.337 e. The molecule has 1 aliphatic heterocycles. The van der Waals surface area contributed by atoms with Crippen LogP contribution in [0.25, 0.3) is 11.0 Å². The number of aromatic carboxylic acids is 1. The first kappa shape index (κ1) is 16.3. The third-order valence-corrected chi connectivity index (χ3v) is 5.12. The van der Waals surface area contributed by atoms with Crippen LogP contribution in [0.3, 0.4) is 0 Å². The van der Waals surface area contributed by atoms with Gasteiger partial charge < -0.3 is 15.0 Å². The first-order chi connectivity index (χ1) is 12.6. The molecule has 1 fully saturated rings. The number of aromatic nitrogens is 2. The van der Waals surface area contributed by atoms with E-state index in [1.165, 1.54) is 17.8 Å². The van der Waals surface area contributed by atoms with Crippen LogP contribution in [0, 0.1) is 6.92 Å². The lowest BCUT2D eigenvalue weighted by atomic mass is 9.99. The van der Waals surface area contributed by atoms with Gasteiger partial charge in [-0.3, -0.25) is 9.78 Å². The van der Waals surface area contributed by atoms with Crippen molar-refractivity contribution in [1.82, 2.24) is 14.9 Å². The summed E-state index contributed by atoms with van der Waals surface area (Å²) >= 11 is 0. The molecule has 6 nitrogen and oxygen atoms in total. The fourth-order valence-corrected chi connectivity index (χ4v) is 3.70. The molecular formula is C20H19N3O3. The quantitative estimate of drug-likeness (QED) is 0.760. The Morgan fingerprint density at radius 2 is 2.00 bits per heavy atom. The molecule has 4 rings (SSSR count). The highest BCUT2D eigenvalue weighted by atomic mass is 16.4. The summed E-state index contributed by atoms with van der Waals surface area (Å²) in [6.07, 6.45) is 2.38. The van der Waals surface area contributed by atoms with Crippen LogP contribution in [0.5, 0.6) is 0 Å². The Morgan fingerprint density at radius 3 is 2.73 bits per heavy atom.